The van der Waals surface area contributed by atoms with Crippen LogP contribution in [0.25, 0.3) is 0 Å². The molecule has 1 aromatic heterocycles. The number of Topliss-reactive ketones (excluding diaryl/α,β-unsaturated/α-hetero) is 1. The fraction of sp³-hybridized carbons (Fsp3) is 0.389. The molecule has 21 heavy (non-hydrogen) atoms. The lowest BCUT2D eigenvalue weighted by molar-refractivity contribution is 0.0826. The normalized spacial score (nSPS) is 17.0. The molecule has 1 aromatic carbocycles. The molecule has 0 amide bonds. The second kappa shape index (κ2) is 6.27. The standard InChI is InChI=1S/C18H22N2O/c1-19-11-5-8-17(19)18(21)16-9-12-20(13-10-16)14-15-6-3-2-4-7-15/h2-8,11,16H,9-10,12-14H2,1H3. The molecule has 0 bridgehead atoms. The van der Waals surface area contributed by atoms with Gasteiger partial charge in [-0.25, -0.2) is 0 Å². The van der Waals surface area contributed by atoms with Gasteiger partial charge in [0.25, 0.3) is 0 Å². The van der Waals surface area contributed by atoms with Crippen molar-refractivity contribution in [2.45, 2.75) is 19.4 Å². The second-order valence-electron chi connectivity index (χ2n) is 5.90. The van der Waals surface area contributed by atoms with Crippen molar-refractivity contribution in [1.82, 2.24) is 9.47 Å². The number of nitrogens with zero attached hydrogens (tertiary/aromatic N) is 2. The summed E-state index contributed by atoms with van der Waals surface area (Å²) in [7, 11) is 1.94. The van der Waals surface area contributed by atoms with Crippen LogP contribution in [0.1, 0.15) is 28.9 Å². The van der Waals surface area contributed by atoms with Crippen molar-refractivity contribution in [3.05, 3.63) is 59.9 Å². The fourth-order valence-corrected chi connectivity index (χ4v) is 3.12. The molecule has 0 aliphatic carbocycles. The summed E-state index contributed by atoms with van der Waals surface area (Å²) >= 11 is 0. The van der Waals surface area contributed by atoms with Crippen molar-refractivity contribution in [3.8, 4) is 0 Å². The molecule has 1 aliphatic heterocycles. The third-order valence-corrected chi connectivity index (χ3v) is 4.40. The Kier molecular flexibility index (Phi) is 4.20. The molecule has 2 heterocycles. The molecule has 2 aromatic rings. The van der Waals surface area contributed by atoms with Gasteiger partial charge in [0.15, 0.2) is 5.78 Å². The van der Waals surface area contributed by atoms with Gasteiger partial charge in [0.1, 0.15) is 0 Å². The van der Waals surface area contributed by atoms with Crippen LogP contribution in [-0.4, -0.2) is 28.3 Å². The second-order valence-corrected chi connectivity index (χ2v) is 5.90. The van der Waals surface area contributed by atoms with Crippen molar-refractivity contribution in [2.24, 2.45) is 13.0 Å². The van der Waals surface area contributed by atoms with Crippen LogP contribution in [0.3, 0.4) is 0 Å². The number of carbonyl (C=O) groups is 1. The predicted molar refractivity (Wildman–Crippen MR) is 84.2 cm³/mol. The fourth-order valence-electron chi connectivity index (χ4n) is 3.12. The molecule has 110 valence electrons. The van der Waals surface area contributed by atoms with Crippen molar-refractivity contribution >= 4 is 5.78 Å². The summed E-state index contributed by atoms with van der Waals surface area (Å²) < 4.78 is 1.93. The maximum atomic E-state index is 12.5. The molecule has 3 rings (SSSR count). The van der Waals surface area contributed by atoms with Gasteiger partial charge in [-0.1, -0.05) is 30.3 Å². The summed E-state index contributed by atoms with van der Waals surface area (Å²) in [5.41, 5.74) is 2.20. The van der Waals surface area contributed by atoms with Crippen LogP contribution in [0.4, 0.5) is 0 Å². The highest BCUT2D eigenvalue weighted by Gasteiger charge is 2.26. The van der Waals surface area contributed by atoms with E-state index in [1.54, 1.807) is 0 Å². The largest absolute Gasteiger partial charge is 0.348 e. The summed E-state index contributed by atoms with van der Waals surface area (Å²) in [4.78, 5) is 15.0. The van der Waals surface area contributed by atoms with Crippen LogP contribution in [0.15, 0.2) is 48.7 Å². The Labute approximate surface area is 126 Å². The van der Waals surface area contributed by atoms with Gasteiger partial charge < -0.3 is 4.57 Å². The Morgan fingerprint density at radius 3 is 2.43 bits per heavy atom. The number of piperidine rings is 1. The minimum Gasteiger partial charge on any atom is -0.348 e. The number of hydrogen-bond donors (Lipinski definition) is 0. The molecule has 1 aliphatic rings. The molecule has 0 saturated carbocycles. The maximum absolute atomic E-state index is 12.5. The topological polar surface area (TPSA) is 25.2 Å². The summed E-state index contributed by atoms with van der Waals surface area (Å²) in [5.74, 6) is 0.493. The van der Waals surface area contributed by atoms with Crippen molar-refractivity contribution in [2.75, 3.05) is 13.1 Å². The number of carbonyl (C=O) groups excluding carboxylic acids is 1. The zero-order valence-electron chi connectivity index (χ0n) is 12.5. The van der Waals surface area contributed by atoms with E-state index in [2.05, 4.69) is 29.2 Å². The van der Waals surface area contributed by atoms with E-state index < -0.39 is 0 Å². The quantitative estimate of drug-likeness (QED) is 0.805. The lowest BCUT2D eigenvalue weighted by Gasteiger charge is -2.31. The number of rotatable bonds is 4. The van der Waals surface area contributed by atoms with E-state index >= 15 is 0 Å². The number of ketones is 1. The highest BCUT2D eigenvalue weighted by molar-refractivity contribution is 5.96. The van der Waals surface area contributed by atoms with Crippen LogP contribution < -0.4 is 0 Å². The minimum atomic E-state index is 0.186. The van der Waals surface area contributed by atoms with Gasteiger partial charge in [0.05, 0.1) is 5.69 Å². The van der Waals surface area contributed by atoms with Gasteiger partial charge >= 0.3 is 0 Å². The summed E-state index contributed by atoms with van der Waals surface area (Å²) in [6.07, 6.45) is 3.88. The molecule has 3 heteroatoms. The molecule has 0 atom stereocenters. The third kappa shape index (κ3) is 3.24. The minimum absolute atomic E-state index is 0.186. The molecule has 1 saturated heterocycles. The van der Waals surface area contributed by atoms with Crippen molar-refractivity contribution in [3.63, 3.8) is 0 Å². The van der Waals surface area contributed by atoms with E-state index in [-0.39, 0.29) is 5.92 Å². The predicted octanol–water partition coefficient (Wildman–Crippen LogP) is 3.12. The van der Waals surface area contributed by atoms with E-state index in [9.17, 15) is 4.79 Å². The van der Waals surface area contributed by atoms with Crippen LogP contribution >= 0.6 is 0 Å². The molecule has 0 unspecified atom stereocenters. The van der Waals surface area contributed by atoms with Crippen molar-refractivity contribution in [1.29, 1.82) is 0 Å². The van der Waals surface area contributed by atoms with E-state index in [4.69, 9.17) is 0 Å². The first kappa shape index (κ1) is 14.1. The lowest BCUT2D eigenvalue weighted by Crippen LogP contribution is -2.36. The SMILES string of the molecule is Cn1cccc1C(=O)C1CCN(Cc2ccccc2)CC1. The Balaban J connectivity index is 1.56. The van der Waals surface area contributed by atoms with E-state index in [0.29, 0.717) is 5.78 Å². The smallest absolute Gasteiger partial charge is 0.182 e. The van der Waals surface area contributed by atoms with Gasteiger partial charge in [0.2, 0.25) is 0 Å². The van der Waals surface area contributed by atoms with E-state index in [1.165, 1.54) is 5.56 Å². The number of likely N-dealkylation sites (tertiary alicyclic amines) is 1. The summed E-state index contributed by atoms with van der Waals surface area (Å²) in [6, 6.07) is 14.4. The monoisotopic (exact) mass is 282 g/mol. The van der Waals surface area contributed by atoms with Crippen LogP contribution in [0, 0.1) is 5.92 Å². The number of aryl methyl sites for hydroxylation is 1. The molecule has 1 fully saturated rings. The Hall–Kier alpha value is -1.87. The van der Waals surface area contributed by atoms with Crippen LogP contribution in [0.5, 0.6) is 0 Å². The summed E-state index contributed by atoms with van der Waals surface area (Å²) in [5, 5.41) is 0. The van der Waals surface area contributed by atoms with Crippen LogP contribution in [-0.2, 0) is 13.6 Å². The van der Waals surface area contributed by atoms with E-state index in [0.717, 1.165) is 38.2 Å². The van der Waals surface area contributed by atoms with Crippen LogP contribution in [0.2, 0.25) is 0 Å². The summed E-state index contributed by atoms with van der Waals surface area (Å²) in [6.45, 7) is 3.01. The molecular formula is C18H22N2O. The number of aromatic nitrogens is 1. The first-order chi connectivity index (χ1) is 10.2. The lowest BCUT2D eigenvalue weighted by atomic mass is 9.90. The highest BCUT2D eigenvalue weighted by Crippen LogP contribution is 2.23. The van der Waals surface area contributed by atoms with Gasteiger partial charge in [0, 0.05) is 25.7 Å². The maximum Gasteiger partial charge on any atom is 0.182 e. The molecular weight excluding hydrogens is 260 g/mol. The zero-order chi connectivity index (χ0) is 14.7. The van der Waals surface area contributed by atoms with Gasteiger partial charge in [-0.05, 0) is 43.6 Å². The number of benzene rings is 1. The van der Waals surface area contributed by atoms with E-state index in [1.807, 2.05) is 36.0 Å². The molecule has 0 N–H and O–H groups in total. The Morgan fingerprint density at radius 2 is 1.81 bits per heavy atom. The first-order valence-electron chi connectivity index (χ1n) is 7.66. The molecule has 0 radical (unpaired) electrons. The Bertz CT molecular complexity index is 595. The van der Waals surface area contributed by atoms with Gasteiger partial charge in [-0.2, -0.15) is 0 Å². The third-order valence-electron chi connectivity index (χ3n) is 4.40. The first-order valence-corrected chi connectivity index (χ1v) is 7.66. The Morgan fingerprint density at radius 1 is 1.10 bits per heavy atom. The average Bonchev–Trinajstić information content (AvgIpc) is 2.94. The van der Waals surface area contributed by atoms with Gasteiger partial charge in [-0.3, -0.25) is 9.69 Å². The highest BCUT2D eigenvalue weighted by atomic mass is 16.1. The average molecular weight is 282 g/mol. The zero-order valence-corrected chi connectivity index (χ0v) is 12.5. The number of hydrogen-bond acceptors (Lipinski definition) is 2. The van der Waals surface area contributed by atoms with Crippen molar-refractivity contribution < 1.29 is 4.79 Å². The molecule has 0 spiro atoms. The molecule has 3 nitrogen and oxygen atoms in total. The van der Waals surface area contributed by atoms with Gasteiger partial charge in [-0.15, -0.1) is 0 Å².